The Bertz CT molecular complexity index is 1520. The lowest BCUT2D eigenvalue weighted by molar-refractivity contribution is 0.0632. The van der Waals surface area contributed by atoms with Gasteiger partial charge in [-0.25, -0.2) is 4.98 Å². The lowest BCUT2D eigenvalue weighted by Gasteiger charge is -2.33. The third-order valence-corrected chi connectivity index (χ3v) is 6.94. The number of benzene rings is 2. The lowest BCUT2D eigenvalue weighted by atomic mass is 10.0. The average molecular weight is 467 g/mol. The fraction of sp³-hybridized carbons (Fsp3) is 0.143. The molecule has 0 saturated heterocycles. The van der Waals surface area contributed by atoms with Crippen LogP contribution in [0.5, 0.6) is 0 Å². The predicted octanol–water partition coefficient (Wildman–Crippen LogP) is 6.57. The van der Waals surface area contributed by atoms with Gasteiger partial charge in [-0.3, -0.25) is 4.79 Å². The molecule has 168 valence electrons. The third-order valence-electron chi connectivity index (χ3n) is 6.71. The van der Waals surface area contributed by atoms with E-state index in [1.54, 1.807) is 0 Å². The number of carbonyl (C=O) groups is 1. The molecule has 5 aromatic rings. The molecule has 34 heavy (non-hydrogen) atoms. The van der Waals surface area contributed by atoms with Crippen LogP contribution >= 0.6 is 11.6 Å². The first-order valence-corrected chi connectivity index (χ1v) is 11.8. The maximum absolute atomic E-state index is 13.5. The van der Waals surface area contributed by atoms with Crippen molar-refractivity contribution < 1.29 is 4.79 Å². The summed E-state index contributed by atoms with van der Waals surface area (Å²) in [6.07, 6.45) is 5.94. The van der Waals surface area contributed by atoms with Crippen molar-refractivity contribution in [2.24, 2.45) is 0 Å². The molecule has 6 rings (SSSR count). The SMILES string of the molecule is C[C@H](c1cccc(Cl)c1)N1CCn2cc(-c3c[nH]c4ncc(-c5ccccc5)cc34)cc2C1=O. The molecule has 0 radical (unpaired) electrons. The van der Waals surface area contributed by atoms with Gasteiger partial charge in [0.05, 0.1) is 6.04 Å². The van der Waals surface area contributed by atoms with Crippen molar-refractivity contribution in [1.29, 1.82) is 0 Å². The quantitative estimate of drug-likeness (QED) is 0.325. The summed E-state index contributed by atoms with van der Waals surface area (Å²) in [5.41, 5.74) is 6.83. The summed E-state index contributed by atoms with van der Waals surface area (Å²) < 4.78 is 2.06. The van der Waals surface area contributed by atoms with Crippen LogP contribution in [0.25, 0.3) is 33.3 Å². The van der Waals surface area contributed by atoms with Crippen molar-refractivity contribution >= 4 is 28.5 Å². The highest BCUT2D eigenvalue weighted by Gasteiger charge is 2.30. The van der Waals surface area contributed by atoms with Crippen molar-refractivity contribution in [2.75, 3.05) is 6.54 Å². The van der Waals surface area contributed by atoms with Crippen LogP contribution in [-0.4, -0.2) is 31.9 Å². The number of amides is 1. The van der Waals surface area contributed by atoms with E-state index in [9.17, 15) is 4.79 Å². The summed E-state index contributed by atoms with van der Waals surface area (Å²) >= 11 is 6.19. The summed E-state index contributed by atoms with van der Waals surface area (Å²) in [5, 5.41) is 1.73. The van der Waals surface area contributed by atoms with E-state index in [0.29, 0.717) is 17.3 Å². The minimum atomic E-state index is -0.0518. The summed E-state index contributed by atoms with van der Waals surface area (Å²) in [6.45, 7) is 3.46. The van der Waals surface area contributed by atoms with Gasteiger partial charge in [0.25, 0.3) is 5.91 Å². The molecule has 2 aromatic carbocycles. The monoisotopic (exact) mass is 466 g/mol. The molecule has 1 atom stereocenters. The molecule has 4 heterocycles. The minimum absolute atomic E-state index is 0.0351. The molecule has 0 unspecified atom stereocenters. The second kappa shape index (κ2) is 8.19. The van der Waals surface area contributed by atoms with E-state index in [4.69, 9.17) is 11.6 Å². The summed E-state index contributed by atoms with van der Waals surface area (Å²) in [7, 11) is 0. The van der Waals surface area contributed by atoms with E-state index < -0.39 is 0 Å². The highest BCUT2D eigenvalue weighted by atomic mass is 35.5. The van der Waals surface area contributed by atoms with Crippen molar-refractivity contribution in [2.45, 2.75) is 19.5 Å². The van der Waals surface area contributed by atoms with E-state index in [-0.39, 0.29) is 11.9 Å². The lowest BCUT2D eigenvalue weighted by Crippen LogP contribution is -2.41. The Morgan fingerprint density at radius 2 is 1.82 bits per heavy atom. The zero-order chi connectivity index (χ0) is 23.2. The molecule has 0 fully saturated rings. The maximum Gasteiger partial charge on any atom is 0.271 e. The zero-order valence-corrected chi connectivity index (χ0v) is 19.5. The number of nitrogens with zero attached hydrogens (tertiary/aromatic N) is 3. The summed E-state index contributed by atoms with van der Waals surface area (Å²) in [4.78, 5) is 23.3. The highest BCUT2D eigenvalue weighted by Crippen LogP contribution is 2.34. The highest BCUT2D eigenvalue weighted by molar-refractivity contribution is 6.30. The second-order valence-electron chi connectivity index (χ2n) is 8.73. The van der Waals surface area contributed by atoms with Gasteiger partial charge in [0.2, 0.25) is 0 Å². The van der Waals surface area contributed by atoms with Crippen LogP contribution in [-0.2, 0) is 6.54 Å². The fourth-order valence-electron chi connectivity index (χ4n) is 4.83. The predicted molar refractivity (Wildman–Crippen MR) is 136 cm³/mol. The first kappa shape index (κ1) is 20.8. The van der Waals surface area contributed by atoms with E-state index in [1.807, 2.05) is 65.8 Å². The topological polar surface area (TPSA) is 53.9 Å². The second-order valence-corrected chi connectivity index (χ2v) is 9.16. The Labute approximate surface area is 202 Å². The third kappa shape index (κ3) is 3.49. The van der Waals surface area contributed by atoms with E-state index in [1.165, 1.54) is 0 Å². The number of pyridine rings is 1. The van der Waals surface area contributed by atoms with Gasteiger partial charge in [0.15, 0.2) is 0 Å². The van der Waals surface area contributed by atoms with E-state index in [2.05, 4.69) is 45.9 Å². The van der Waals surface area contributed by atoms with Crippen LogP contribution in [0.15, 0.2) is 85.3 Å². The molecule has 5 nitrogen and oxygen atoms in total. The van der Waals surface area contributed by atoms with Gasteiger partial charge in [-0.2, -0.15) is 0 Å². The fourth-order valence-corrected chi connectivity index (χ4v) is 5.03. The largest absolute Gasteiger partial charge is 0.346 e. The van der Waals surface area contributed by atoms with E-state index >= 15 is 0 Å². The normalized spacial score (nSPS) is 14.4. The number of halogens is 1. The van der Waals surface area contributed by atoms with Crippen molar-refractivity contribution in [3.63, 3.8) is 0 Å². The van der Waals surface area contributed by atoms with Gasteiger partial charge in [-0.05, 0) is 42.3 Å². The Kier molecular flexibility index (Phi) is 5.00. The molecule has 1 N–H and O–H groups in total. The molecule has 0 saturated carbocycles. The molecule has 3 aromatic heterocycles. The van der Waals surface area contributed by atoms with Crippen LogP contribution in [0.1, 0.15) is 29.0 Å². The molecule has 1 aliphatic heterocycles. The molecular weight excluding hydrogens is 444 g/mol. The smallest absolute Gasteiger partial charge is 0.271 e. The molecule has 0 spiro atoms. The van der Waals surface area contributed by atoms with Gasteiger partial charge < -0.3 is 14.5 Å². The van der Waals surface area contributed by atoms with Gasteiger partial charge in [-0.1, -0.05) is 54.1 Å². The molecule has 1 amide bonds. The first-order chi connectivity index (χ1) is 16.6. The summed E-state index contributed by atoms with van der Waals surface area (Å²) in [5.74, 6) is 0.0351. The number of aromatic amines is 1. The zero-order valence-electron chi connectivity index (χ0n) is 18.7. The van der Waals surface area contributed by atoms with Crippen molar-refractivity contribution in [3.05, 3.63) is 102 Å². The van der Waals surface area contributed by atoms with Crippen LogP contribution in [0.2, 0.25) is 5.02 Å². The Morgan fingerprint density at radius 1 is 0.971 bits per heavy atom. The van der Waals surface area contributed by atoms with Gasteiger partial charge in [0.1, 0.15) is 11.3 Å². The average Bonchev–Trinajstić information content (AvgIpc) is 3.48. The van der Waals surface area contributed by atoms with Crippen molar-refractivity contribution in [3.8, 4) is 22.3 Å². The molecule has 0 bridgehead atoms. The molecular formula is C28H23ClN4O. The van der Waals surface area contributed by atoms with Crippen LogP contribution in [0.4, 0.5) is 0 Å². The van der Waals surface area contributed by atoms with E-state index in [0.717, 1.165) is 45.4 Å². The molecule has 1 aliphatic rings. The van der Waals surface area contributed by atoms with Gasteiger partial charge in [-0.15, -0.1) is 0 Å². The Balaban J connectivity index is 1.35. The number of nitrogens with one attached hydrogen (secondary N) is 1. The molecule has 0 aliphatic carbocycles. The standard InChI is InChI=1S/C28H23ClN4O/c1-18(20-8-5-9-23(29)12-20)33-11-10-32-17-22(14-26(32)28(33)34)25-16-31-27-24(25)13-21(15-30-27)19-6-3-2-4-7-19/h2-9,12-18H,10-11H2,1H3,(H,30,31)/t18-/m1/s1. The van der Waals surface area contributed by atoms with Crippen LogP contribution in [0, 0.1) is 0 Å². The van der Waals surface area contributed by atoms with Gasteiger partial charge in [0, 0.05) is 58.8 Å². The number of rotatable bonds is 4. The maximum atomic E-state index is 13.5. The number of carbonyl (C=O) groups excluding carboxylic acids is 1. The number of hydrogen-bond donors (Lipinski definition) is 1. The van der Waals surface area contributed by atoms with Crippen LogP contribution in [0.3, 0.4) is 0 Å². The number of H-pyrrole nitrogens is 1. The number of hydrogen-bond acceptors (Lipinski definition) is 2. The first-order valence-electron chi connectivity index (χ1n) is 11.4. The number of aromatic nitrogens is 3. The Hall–Kier alpha value is -3.83. The van der Waals surface area contributed by atoms with Gasteiger partial charge >= 0.3 is 0 Å². The molecule has 6 heteroatoms. The minimum Gasteiger partial charge on any atom is -0.346 e. The Morgan fingerprint density at radius 3 is 2.65 bits per heavy atom. The summed E-state index contributed by atoms with van der Waals surface area (Å²) in [6, 6.07) is 22.1. The number of fused-ring (bicyclic) bond motifs is 2. The van der Waals surface area contributed by atoms with Crippen LogP contribution < -0.4 is 0 Å². The van der Waals surface area contributed by atoms with Crippen molar-refractivity contribution in [1.82, 2.24) is 19.4 Å².